The van der Waals surface area contributed by atoms with Crippen LogP contribution in [-0.4, -0.2) is 38.1 Å². The first-order valence-corrected chi connectivity index (χ1v) is 9.36. The van der Waals surface area contributed by atoms with Crippen molar-refractivity contribution in [3.8, 4) is 0 Å². The van der Waals surface area contributed by atoms with Crippen molar-refractivity contribution in [1.82, 2.24) is 9.62 Å². The zero-order valence-corrected chi connectivity index (χ0v) is 13.4. The van der Waals surface area contributed by atoms with Crippen LogP contribution in [0.1, 0.15) is 36.2 Å². The zero-order valence-electron chi connectivity index (χ0n) is 11.7. The minimum absolute atomic E-state index is 0.109. The van der Waals surface area contributed by atoms with Gasteiger partial charge in [-0.25, -0.2) is 8.42 Å². The Kier molecular flexibility index (Phi) is 4.66. The van der Waals surface area contributed by atoms with Crippen LogP contribution < -0.4 is 5.32 Å². The Hall–Kier alpha value is -0.430. The van der Waals surface area contributed by atoms with E-state index in [2.05, 4.69) is 30.6 Å². The quantitative estimate of drug-likeness (QED) is 0.906. The van der Waals surface area contributed by atoms with Gasteiger partial charge in [0.05, 0.1) is 6.26 Å². The highest BCUT2D eigenvalue weighted by Crippen LogP contribution is 2.25. The molecule has 1 aliphatic heterocycles. The van der Waals surface area contributed by atoms with Crippen molar-refractivity contribution in [2.75, 3.05) is 19.3 Å². The Bertz CT molecular complexity index is 525. The van der Waals surface area contributed by atoms with Gasteiger partial charge in [-0.05, 0) is 43.7 Å². The van der Waals surface area contributed by atoms with E-state index in [0.717, 1.165) is 19.4 Å². The van der Waals surface area contributed by atoms with Crippen LogP contribution in [-0.2, 0) is 10.0 Å². The number of thiophene rings is 1. The molecular formula is C13H22N2O2S2. The van der Waals surface area contributed by atoms with Gasteiger partial charge in [-0.2, -0.15) is 4.31 Å². The Morgan fingerprint density at radius 2 is 2.32 bits per heavy atom. The smallest absolute Gasteiger partial charge is 0.211 e. The maximum atomic E-state index is 11.7. The molecule has 1 fully saturated rings. The lowest BCUT2D eigenvalue weighted by atomic mass is 10.1. The maximum absolute atomic E-state index is 11.7. The van der Waals surface area contributed by atoms with Crippen LogP contribution in [0.2, 0.25) is 0 Å². The first-order chi connectivity index (χ1) is 8.89. The second kappa shape index (κ2) is 5.91. The van der Waals surface area contributed by atoms with Crippen molar-refractivity contribution in [2.45, 2.75) is 38.8 Å². The summed E-state index contributed by atoms with van der Waals surface area (Å²) in [6.45, 7) is 5.64. The predicted molar refractivity (Wildman–Crippen MR) is 80.0 cm³/mol. The van der Waals surface area contributed by atoms with E-state index in [-0.39, 0.29) is 12.1 Å². The molecule has 0 spiro atoms. The van der Waals surface area contributed by atoms with E-state index in [1.807, 2.05) is 0 Å². The molecule has 0 bridgehead atoms. The third-order valence-corrected chi connectivity index (χ3v) is 6.24. The molecule has 1 N–H and O–H groups in total. The lowest BCUT2D eigenvalue weighted by Crippen LogP contribution is -2.41. The summed E-state index contributed by atoms with van der Waals surface area (Å²) in [6, 6.07) is 2.51. The lowest BCUT2D eigenvalue weighted by Gasteiger charge is -2.24. The summed E-state index contributed by atoms with van der Waals surface area (Å²) >= 11 is 1.75. The summed E-state index contributed by atoms with van der Waals surface area (Å²) in [7, 11) is -3.07. The minimum atomic E-state index is -3.07. The van der Waals surface area contributed by atoms with E-state index >= 15 is 0 Å². The number of sulfonamides is 1. The van der Waals surface area contributed by atoms with Crippen LogP contribution >= 0.6 is 11.3 Å². The number of aryl methyl sites for hydroxylation is 1. The van der Waals surface area contributed by atoms with Gasteiger partial charge in [-0.1, -0.05) is 0 Å². The molecule has 0 radical (unpaired) electrons. The molecular weight excluding hydrogens is 280 g/mol. The van der Waals surface area contributed by atoms with Crippen LogP contribution in [0.4, 0.5) is 0 Å². The monoisotopic (exact) mass is 302 g/mol. The Balaban J connectivity index is 1.94. The second-order valence-electron chi connectivity index (χ2n) is 5.27. The molecule has 2 rings (SSSR count). The van der Waals surface area contributed by atoms with Gasteiger partial charge in [0.2, 0.25) is 10.0 Å². The fraction of sp³-hybridized carbons (Fsp3) is 0.692. The Morgan fingerprint density at radius 3 is 2.89 bits per heavy atom. The van der Waals surface area contributed by atoms with Crippen LogP contribution in [0.25, 0.3) is 0 Å². The third kappa shape index (κ3) is 3.56. The molecule has 0 aromatic carbocycles. The molecule has 1 aliphatic rings. The lowest BCUT2D eigenvalue weighted by molar-refractivity contribution is 0.364. The topological polar surface area (TPSA) is 49.4 Å². The van der Waals surface area contributed by atoms with E-state index in [1.165, 1.54) is 16.7 Å². The molecule has 108 valence electrons. The van der Waals surface area contributed by atoms with Gasteiger partial charge in [0.15, 0.2) is 0 Å². The van der Waals surface area contributed by atoms with Gasteiger partial charge >= 0.3 is 0 Å². The van der Waals surface area contributed by atoms with Gasteiger partial charge < -0.3 is 5.32 Å². The molecule has 4 nitrogen and oxygen atoms in total. The highest BCUT2D eigenvalue weighted by Gasteiger charge is 2.31. The standard InChI is InChI=1S/C13H22N2O2S2/c1-10-6-8-18-13(10)11(2)14-9-12-5-4-7-15(12)19(3,16)17/h6,8,11-12,14H,4-5,7,9H2,1-3H3/t11-,12+/m0/s1. The highest BCUT2D eigenvalue weighted by atomic mass is 32.2. The van der Waals surface area contributed by atoms with Crippen LogP contribution in [0.15, 0.2) is 11.4 Å². The minimum Gasteiger partial charge on any atom is -0.308 e. The van der Waals surface area contributed by atoms with Gasteiger partial charge in [0.25, 0.3) is 0 Å². The molecule has 2 heterocycles. The zero-order chi connectivity index (χ0) is 14.0. The van der Waals surface area contributed by atoms with E-state index in [4.69, 9.17) is 0 Å². The van der Waals surface area contributed by atoms with Gasteiger partial charge in [-0.15, -0.1) is 11.3 Å². The summed E-state index contributed by atoms with van der Waals surface area (Å²) < 4.78 is 25.0. The maximum Gasteiger partial charge on any atom is 0.211 e. The second-order valence-corrected chi connectivity index (χ2v) is 8.15. The first kappa shape index (κ1) is 15.0. The van der Waals surface area contributed by atoms with Crippen molar-refractivity contribution in [3.63, 3.8) is 0 Å². The molecule has 1 aromatic rings. The molecule has 1 aromatic heterocycles. The van der Waals surface area contributed by atoms with E-state index in [1.54, 1.807) is 15.6 Å². The summed E-state index contributed by atoms with van der Waals surface area (Å²) in [5.74, 6) is 0. The molecule has 2 atom stereocenters. The average molecular weight is 302 g/mol. The van der Waals surface area contributed by atoms with Crippen molar-refractivity contribution in [1.29, 1.82) is 0 Å². The molecule has 0 saturated carbocycles. The largest absolute Gasteiger partial charge is 0.308 e. The summed E-state index contributed by atoms with van der Waals surface area (Å²) in [5.41, 5.74) is 1.30. The first-order valence-electron chi connectivity index (χ1n) is 6.64. The van der Waals surface area contributed by atoms with Gasteiger partial charge in [0.1, 0.15) is 0 Å². The van der Waals surface area contributed by atoms with Gasteiger partial charge in [-0.3, -0.25) is 0 Å². The number of hydrogen-bond acceptors (Lipinski definition) is 4. The van der Waals surface area contributed by atoms with Crippen molar-refractivity contribution >= 4 is 21.4 Å². The fourth-order valence-corrected chi connectivity index (χ4v) is 4.83. The molecule has 6 heteroatoms. The van der Waals surface area contributed by atoms with E-state index < -0.39 is 10.0 Å². The highest BCUT2D eigenvalue weighted by molar-refractivity contribution is 7.88. The van der Waals surface area contributed by atoms with Crippen LogP contribution in [0.5, 0.6) is 0 Å². The molecule has 0 amide bonds. The fourth-order valence-electron chi connectivity index (χ4n) is 2.68. The van der Waals surface area contributed by atoms with Crippen molar-refractivity contribution in [2.24, 2.45) is 0 Å². The predicted octanol–water partition coefficient (Wildman–Crippen LogP) is 2.13. The van der Waals surface area contributed by atoms with Crippen LogP contribution in [0.3, 0.4) is 0 Å². The number of rotatable bonds is 5. The number of nitrogens with zero attached hydrogens (tertiary/aromatic N) is 1. The SMILES string of the molecule is Cc1ccsc1[C@H](C)NC[C@H]1CCCN1S(C)(=O)=O. The Morgan fingerprint density at radius 1 is 1.58 bits per heavy atom. The Labute approximate surface area is 119 Å². The molecule has 0 aliphatic carbocycles. The average Bonchev–Trinajstić information content (AvgIpc) is 2.93. The van der Waals surface area contributed by atoms with Crippen molar-refractivity contribution < 1.29 is 8.42 Å². The number of nitrogens with one attached hydrogen (secondary N) is 1. The van der Waals surface area contributed by atoms with Crippen LogP contribution in [0, 0.1) is 6.92 Å². The molecule has 1 saturated heterocycles. The number of hydrogen-bond donors (Lipinski definition) is 1. The summed E-state index contributed by atoms with van der Waals surface area (Å²) in [6.07, 6.45) is 3.22. The van der Waals surface area contributed by atoms with Gasteiger partial charge in [0, 0.05) is 30.1 Å². The van der Waals surface area contributed by atoms with E-state index in [0.29, 0.717) is 6.54 Å². The molecule has 0 unspecified atom stereocenters. The van der Waals surface area contributed by atoms with E-state index in [9.17, 15) is 8.42 Å². The van der Waals surface area contributed by atoms with Crippen molar-refractivity contribution in [3.05, 3.63) is 21.9 Å². The third-order valence-electron chi connectivity index (χ3n) is 3.70. The summed E-state index contributed by atoms with van der Waals surface area (Å²) in [5, 5.41) is 5.57. The molecule has 19 heavy (non-hydrogen) atoms. The summed E-state index contributed by atoms with van der Waals surface area (Å²) in [4.78, 5) is 1.34. The normalized spacial score (nSPS) is 22.8.